The number of sulfonamides is 1. The maximum atomic E-state index is 12.4. The largest absolute Gasteiger partial charge is 0.250 e. The summed E-state index contributed by atoms with van der Waals surface area (Å²) in [5, 5.41) is 0.402. The van der Waals surface area contributed by atoms with Crippen molar-refractivity contribution in [1.29, 1.82) is 0 Å². The minimum Gasteiger partial charge on any atom is -0.206 e. The summed E-state index contributed by atoms with van der Waals surface area (Å²) in [5.41, 5.74) is 3.18. The van der Waals surface area contributed by atoms with Crippen molar-refractivity contribution in [2.24, 2.45) is 0 Å². The summed E-state index contributed by atoms with van der Waals surface area (Å²) in [7, 11) is -3.58. The second kappa shape index (κ2) is 6.38. The van der Waals surface area contributed by atoms with Crippen LogP contribution in [-0.4, -0.2) is 8.42 Å². The molecule has 2 rings (SSSR count). The van der Waals surface area contributed by atoms with E-state index in [2.05, 4.69) is 20.7 Å². The van der Waals surface area contributed by atoms with Gasteiger partial charge in [-0.1, -0.05) is 35.4 Å². The molecule has 7 heteroatoms. The number of rotatable bonds is 4. The summed E-state index contributed by atoms with van der Waals surface area (Å²) in [6.45, 7) is 5.82. The van der Waals surface area contributed by atoms with E-state index < -0.39 is 10.0 Å². The van der Waals surface area contributed by atoms with Gasteiger partial charge in [-0.05, 0) is 53.9 Å². The number of aryl methyl sites for hydroxylation is 2. The molecule has 0 spiro atoms. The van der Waals surface area contributed by atoms with Crippen molar-refractivity contribution >= 4 is 48.9 Å². The van der Waals surface area contributed by atoms with Gasteiger partial charge in [0.25, 0.3) is 10.0 Å². The van der Waals surface area contributed by atoms with Gasteiger partial charge in [0.15, 0.2) is 0 Å². The molecule has 1 aromatic carbocycles. The Morgan fingerprint density at radius 2 is 1.95 bits per heavy atom. The van der Waals surface area contributed by atoms with Gasteiger partial charge in [0.05, 0.1) is 8.81 Å². The van der Waals surface area contributed by atoms with Gasteiger partial charge >= 0.3 is 0 Å². The minimum absolute atomic E-state index is 0.205. The maximum absolute atomic E-state index is 12.4. The van der Waals surface area contributed by atoms with E-state index in [4.69, 9.17) is 11.6 Å². The lowest BCUT2D eigenvalue weighted by Crippen LogP contribution is -2.26. The molecule has 0 amide bonds. The molecule has 1 N–H and O–H groups in total. The monoisotopic (exact) mass is 407 g/mol. The van der Waals surface area contributed by atoms with E-state index in [0.717, 1.165) is 28.0 Å². The average Bonchev–Trinajstić information content (AvgIpc) is 2.69. The molecule has 1 atom stereocenters. The summed E-state index contributed by atoms with van der Waals surface area (Å²) in [4.78, 5) is 0. The predicted molar refractivity (Wildman–Crippen MR) is 91.7 cm³/mol. The maximum Gasteiger partial charge on any atom is 0.250 e. The third kappa shape index (κ3) is 3.87. The summed E-state index contributed by atoms with van der Waals surface area (Å²) < 4.78 is 28.3. The SMILES string of the molecule is Cc1ccc(C(C)NS(=O)(=O)c2cc(Cl)c(Br)s2)c(C)c1. The third-order valence-corrected chi connectivity index (χ3v) is 7.60. The van der Waals surface area contributed by atoms with Gasteiger partial charge in [-0.2, -0.15) is 0 Å². The van der Waals surface area contributed by atoms with Crippen LogP contribution in [0, 0.1) is 13.8 Å². The molecule has 3 nitrogen and oxygen atoms in total. The van der Waals surface area contributed by atoms with Gasteiger partial charge in [-0.3, -0.25) is 0 Å². The summed E-state index contributed by atoms with van der Waals surface area (Å²) >= 11 is 10.2. The molecule has 1 heterocycles. The van der Waals surface area contributed by atoms with E-state index in [-0.39, 0.29) is 10.3 Å². The van der Waals surface area contributed by atoms with Crippen LogP contribution in [0.3, 0.4) is 0 Å². The molecular formula is C14H15BrClNO2S2. The first-order chi connectivity index (χ1) is 9.70. The number of benzene rings is 1. The van der Waals surface area contributed by atoms with E-state index in [9.17, 15) is 8.42 Å². The molecule has 0 bridgehead atoms. The van der Waals surface area contributed by atoms with Gasteiger partial charge < -0.3 is 0 Å². The number of thiophene rings is 1. The first-order valence-electron chi connectivity index (χ1n) is 6.25. The average molecular weight is 409 g/mol. The molecule has 1 unspecified atom stereocenters. The van der Waals surface area contributed by atoms with E-state index in [1.54, 1.807) is 0 Å². The van der Waals surface area contributed by atoms with E-state index in [0.29, 0.717) is 8.81 Å². The van der Waals surface area contributed by atoms with Crippen LogP contribution < -0.4 is 4.72 Å². The van der Waals surface area contributed by atoms with Crippen molar-refractivity contribution in [3.05, 3.63) is 49.8 Å². The highest BCUT2D eigenvalue weighted by atomic mass is 79.9. The number of halogens is 2. The van der Waals surface area contributed by atoms with Crippen molar-refractivity contribution in [3.8, 4) is 0 Å². The number of hydrogen-bond donors (Lipinski definition) is 1. The Bertz CT molecular complexity index is 752. The Balaban J connectivity index is 2.27. The smallest absolute Gasteiger partial charge is 0.206 e. The first kappa shape index (κ1) is 17.0. The highest BCUT2D eigenvalue weighted by Crippen LogP contribution is 2.35. The number of hydrogen-bond acceptors (Lipinski definition) is 3. The lowest BCUT2D eigenvalue weighted by atomic mass is 10.0. The molecule has 2 aromatic rings. The lowest BCUT2D eigenvalue weighted by Gasteiger charge is -2.16. The van der Waals surface area contributed by atoms with E-state index >= 15 is 0 Å². The van der Waals surface area contributed by atoms with Crippen LogP contribution >= 0.6 is 38.9 Å². The van der Waals surface area contributed by atoms with Crippen molar-refractivity contribution in [2.45, 2.75) is 31.0 Å². The van der Waals surface area contributed by atoms with Crippen molar-refractivity contribution in [3.63, 3.8) is 0 Å². The molecule has 114 valence electrons. The van der Waals surface area contributed by atoms with Crippen LogP contribution in [0.2, 0.25) is 5.02 Å². The van der Waals surface area contributed by atoms with Crippen molar-refractivity contribution < 1.29 is 8.42 Å². The fourth-order valence-electron chi connectivity index (χ4n) is 2.12. The van der Waals surface area contributed by atoms with E-state index in [1.165, 1.54) is 6.07 Å². The van der Waals surface area contributed by atoms with Gasteiger partial charge in [-0.15, -0.1) is 11.3 Å². The molecule has 0 aliphatic heterocycles. The molecule has 0 fully saturated rings. The Kier molecular flexibility index (Phi) is 5.15. The summed E-state index contributed by atoms with van der Waals surface area (Å²) in [6, 6.07) is 7.11. The van der Waals surface area contributed by atoms with Crippen LogP contribution in [-0.2, 0) is 10.0 Å². The molecule has 0 aliphatic carbocycles. The van der Waals surface area contributed by atoms with E-state index in [1.807, 2.05) is 39.0 Å². The lowest BCUT2D eigenvalue weighted by molar-refractivity contribution is 0.568. The fraction of sp³-hybridized carbons (Fsp3) is 0.286. The Labute approximate surface area is 142 Å². The molecule has 0 radical (unpaired) electrons. The number of nitrogens with one attached hydrogen (secondary N) is 1. The fourth-order valence-corrected chi connectivity index (χ4v) is 5.76. The third-order valence-electron chi connectivity index (χ3n) is 3.11. The molecular weight excluding hydrogens is 394 g/mol. The topological polar surface area (TPSA) is 46.2 Å². The van der Waals surface area contributed by atoms with Crippen LogP contribution in [0.25, 0.3) is 0 Å². The Hall–Kier alpha value is -0.400. The van der Waals surface area contributed by atoms with Gasteiger partial charge in [-0.25, -0.2) is 13.1 Å². The predicted octanol–water partition coefficient (Wildman–Crippen LogP) is 4.82. The molecule has 1 aromatic heterocycles. The van der Waals surface area contributed by atoms with Crippen LogP contribution in [0.1, 0.15) is 29.7 Å². The molecule has 21 heavy (non-hydrogen) atoms. The van der Waals surface area contributed by atoms with Crippen molar-refractivity contribution in [1.82, 2.24) is 4.72 Å². The van der Waals surface area contributed by atoms with Crippen LogP contribution in [0.5, 0.6) is 0 Å². The van der Waals surface area contributed by atoms with Crippen LogP contribution in [0.15, 0.2) is 32.3 Å². The molecule has 0 saturated heterocycles. The van der Waals surface area contributed by atoms with Crippen molar-refractivity contribution in [2.75, 3.05) is 0 Å². The zero-order valence-electron chi connectivity index (χ0n) is 11.8. The quantitative estimate of drug-likeness (QED) is 0.788. The standard InChI is InChI=1S/C14H15BrClNO2S2/c1-8-4-5-11(9(2)6-8)10(3)17-21(18,19)13-7-12(16)14(15)20-13/h4-7,10,17H,1-3H3. The highest BCUT2D eigenvalue weighted by Gasteiger charge is 2.22. The summed E-state index contributed by atoms with van der Waals surface area (Å²) in [6.07, 6.45) is 0. The normalized spacial score (nSPS) is 13.4. The molecule has 0 saturated carbocycles. The Morgan fingerprint density at radius 1 is 1.29 bits per heavy atom. The highest BCUT2D eigenvalue weighted by molar-refractivity contribution is 9.11. The summed E-state index contributed by atoms with van der Waals surface area (Å²) in [5.74, 6) is 0. The second-order valence-electron chi connectivity index (χ2n) is 4.89. The van der Waals surface area contributed by atoms with Gasteiger partial charge in [0, 0.05) is 6.04 Å². The Morgan fingerprint density at radius 3 is 2.48 bits per heavy atom. The van der Waals surface area contributed by atoms with Gasteiger partial charge in [0.2, 0.25) is 0 Å². The zero-order valence-corrected chi connectivity index (χ0v) is 15.8. The van der Waals surface area contributed by atoms with Gasteiger partial charge in [0.1, 0.15) is 4.21 Å². The van der Waals surface area contributed by atoms with Crippen LogP contribution in [0.4, 0.5) is 0 Å². The molecule has 0 aliphatic rings. The second-order valence-corrected chi connectivity index (χ2v) is 9.61. The first-order valence-corrected chi connectivity index (χ1v) is 9.72. The minimum atomic E-state index is -3.58. The zero-order chi connectivity index (χ0) is 15.8.